The molecule has 2 aromatic rings. The number of hydrogen-bond donors (Lipinski definition) is 1. The second-order valence-corrected chi connectivity index (χ2v) is 5.14. The summed E-state index contributed by atoms with van der Waals surface area (Å²) < 4.78 is 11.3. The largest absolute Gasteiger partial charge is 0.493 e. The zero-order valence-corrected chi connectivity index (χ0v) is 12.6. The molecule has 0 spiro atoms. The van der Waals surface area contributed by atoms with Crippen molar-refractivity contribution in [3.05, 3.63) is 35.3 Å². The van der Waals surface area contributed by atoms with Gasteiger partial charge in [-0.25, -0.2) is 4.98 Å². The summed E-state index contributed by atoms with van der Waals surface area (Å²) in [6, 6.07) is 4.08. The van der Waals surface area contributed by atoms with Crippen LogP contribution in [0.15, 0.2) is 18.3 Å². The highest BCUT2D eigenvalue weighted by atomic mass is 16.5. The molecular weight excluding hydrogens is 266 g/mol. The number of ether oxygens (including phenoxy) is 2. The van der Waals surface area contributed by atoms with Gasteiger partial charge in [0.2, 0.25) is 0 Å². The van der Waals surface area contributed by atoms with Gasteiger partial charge in [-0.2, -0.15) is 0 Å². The first-order chi connectivity index (χ1) is 10.2. The van der Waals surface area contributed by atoms with Crippen LogP contribution in [0.3, 0.4) is 0 Å². The Kier molecular flexibility index (Phi) is 3.75. The fourth-order valence-corrected chi connectivity index (χ4v) is 2.50. The van der Waals surface area contributed by atoms with Gasteiger partial charge in [0.05, 0.1) is 24.2 Å². The first-order valence-electron chi connectivity index (χ1n) is 7.04. The summed E-state index contributed by atoms with van der Waals surface area (Å²) in [5, 5.41) is 3.34. The summed E-state index contributed by atoms with van der Waals surface area (Å²) in [5.41, 5.74) is 4.79. The second-order valence-electron chi connectivity index (χ2n) is 5.14. The summed E-state index contributed by atoms with van der Waals surface area (Å²) in [4.78, 5) is 9.00. The molecular formula is C16H19N3O2. The molecule has 21 heavy (non-hydrogen) atoms. The van der Waals surface area contributed by atoms with E-state index in [-0.39, 0.29) is 0 Å². The lowest BCUT2D eigenvalue weighted by Crippen LogP contribution is -2.16. The molecule has 0 saturated heterocycles. The number of nitrogens with one attached hydrogen (secondary N) is 1. The number of fused-ring (bicyclic) bond motifs is 1. The Morgan fingerprint density at radius 1 is 1.29 bits per heavy atom. The Hall–Kier alpha value is -2.14. The number of methoxy groups -OCH3 is 1. The molecule has 0 fully saturated rings. The van der Waals surface area contributed by atoms with Crippen molar-refractivity contribution >= 4 is 0 Å². The van der Waals surface area contributed by atoms with Crippen LogP contribution in [0.4, 0.5) is 0 Å². The molecule has 0 atom stereocenters. The molecule has 1 N–H and O–H groups in total. The third kappa shape index (κ3) is 2.69. The van der Waals surface area contributed by atoms with Crippen molar-refractivity contribution in [3.63, 3.8) is 0 Å². The van der Waals surface area contributed by atoms with Crippen molar-refractivity contribution in [2.24, 2.45) is 0 Å². The maximum absolute atomic E-state index is 5.79. The molecule has 5 heteroatoms. The van der Waals surface area contributed by atoms with Crippen LogP contribution in [0.25, 0.3) is 11.3 Å². The van der Waals surface area contributed by atoms with Gasteiger partial charge in [-0.1, -0.05) is 0 Å². The van der Waals surface area contributed by atoms with Gasteiger partial charge in [0.1, 0.15) is 6.61 Å². The average molecular weight is 285 g/mol. The highest BCUT2D eigenvalue weighted by Gasteiger charge is 2.17. The summed E-state index contributed by atoms with van der Waals surface area (Å²) >= 11 is 0. The molecule has 0 radical (unpaired) electrons. The average Bonchev–Trinajstić information content (AvgIpc) is 2.74. The zero-order valence-electron chi connectivity index (χ0n) is 12.6. The van der Waals surface area contributed by atoms with Gasteiger partial charge in [-0.05, 0) is 26.0 Å². The van der Waals surface area contributed by atoms with E-state index >= 15 is 0 Å². The summed E-state index contributed by atoms with van der Waals surface area (Å²) in [6.07, 6.45) is 1.78. The minimum atomic E-state index is 0.645. The summed E-state index contributed by atoms with van der Waals surface area (Å²) in [5.74, 6) is 1.57. The molecule has 3 rings (SSSR count). The quantitative estimate of drug-likeness (QED) is 0.917. The van der Waals surface area contributed by atoms with E-state index in [0.717, 1.165) is 52.8 Å². The van der Waals surface area contributed by atoms with Gasteiger partial charge in [0.15, 0.2) is 11.5 Å². The molecule has 1 aliphatic rings. The van der Waals surface area contributed by atoms with Crippen molar-refractivity contribution in [2.75, 3.05) is 20.3 Å². The van der Waals surface area contributed by atoms with Crippen molar-refractivity contribution in [2.45, 2.75) is 20.4 Å². The van der Waals surface area contributed by atoms with E-state index in [1.165, 1.54) is 0 Å². The molecule has 2 heterocycles. The molecule has 1 aromatic heterocycles. The SMILES string of the molecule is COc1cc(-c2nc(C)cnc2C)cc2c1OCCNC2. The number of hydrogen-bond acceptors (Lipinski definition) is 5. The van der Waals surface area contributed by atoms with E-state index in [4.69, 9.17) is 9.47 Å². The lowest BCUT2D eigenvalue weighted by atomic mass is 10.0. The van der Waals surface area contributed by atoms with Crippen LogP contribution in [-0.4, -0.2) is 30.2 Å². The Labute approximate surface area is 124 Å². The fraction of sp³-hybridized carbons (Fsp3) is 0.375. The highest BCUT2D eigenvalue weighted by molar-refractivity contribution is 5.68. The van der Waals surface area contributed by atoms with E-state index in [2.05, 4.69) is 21.4 Å². The number of nitrogens with zero attached hydrogens (tertiary/aromatic N) is 2. The molecule has 1 aromatic carbocycles. The number of aryl methyl sites for hydroxylation is 2. The molecule has 110 valence electrons. The number of aromatic nitrogens is 2. The molecule has 0 amide bonds. The molecule has 5 nitrogen and oxygen atoms in total. The van der Waals surface area contributed by atoms with E-state index in [1.54, 1.807) is 13.3 Å². The second kappa shape index (κ2) is 5.69. The van der Waals surface area contributed by atoms with Crippen LogP contribution in [0.5, 0.6) is 11.5 Å². The van der Waals surface area contributed by atoms with Crippen molar-refractivity contribution in [3.8, 4) is 22.8 Å². The maximum Gasteiger partial charge on any atom is 0.165 e. The Morgan fingerprint density at radius 3 is 2.95 bits per heavy atom. The number of rotatable bonds is 2. The van der Waals surface area contributed by atoms with E-state index in [0.29, 0.717) is 6.61 Å². The predicted octanol–water partition coefficient (Wildman–Crippen LogP) is 2.25. The van der Waals surface area contributed by atoms with Gasteiger partial charge < -0.3 is 14.8 Å². The van der Waals surface area contributed by atoms with E-state index < -0.39 is 0 Å². The van der Waals surface area contributed by atoms with Crippen LogP contribution >= 0.6 is 0 Å². The third-order valence-electron chi connectivity index (χ3n) is 3.54. The highest BCUT2D eigenvalue weighted by Crippen LogP contribution is 2.37. The van der Waals surface area contributed by atoms with Crippen LogP contribution < -0.4 is 14.8 Å². The van der Waals surface area contributed by atoms with Gasteiger partial charge in [-0.15, -0.1) is 0 Å². The summed E-state index contributed by atoms with van der Waals surface area (Å²) in [6.45, 7) is 6.15. The van der Waals surface area contributed by atoms with Crippen LogP contribution in [0, 0.1) is 13.8 Å². The molecule has 0 unspecified atom stereocenters. The lowest BCUT2D eigenvalue weighted by molar-refractivity contribution is 0.302. The summed E-state index contributed by atoms with van der Waals surface area (Å²) in [7, 11) is 1.66. The number of benzene rings is 1. The third-order valence-corrected chi connectivity index (χ3v) is 3.54. The van der Waals surface area contributed by atoms with E-state index in [9.17, 15) is 0 Å². The van der Waals surface area contributed by atoms with Crippen LogP contribution in [-0.2, 0) is 6.54 Å². The van der Waals surface area contributed by atoms with Gasteiger partial charge in [0.25, 0.3) is 0 Å². The monoisotopic (exact) mass is 285 g/mol. The first kappa shape index (κ1) is 13.8. The normalized spacial score (nSPS) is 14.0. The Balaban J connectivity index is 2.15. The molecule has 1 aliphatic heterocycles. The smallest absolute Gasteiger partial charge is 0.165 e. The minimum Gasteiger partial charge on any atom is -0.493 e. The van der Waals surface area contributed by atoms with Gasteiger partial charge >= 0.3 is 0 Å². The van der Waals surface area contributed by atoms with Crippen LogP contribution in [0.1, 0.15) is 17.0 Å². The Bertz CT molecular complexity index is 671. The topological polar surface area (TPSA) is 56.3 Å². The Morgan fingerprint density at radius 2 is 2.14 bits per heavy atom. The van der Waals surface area contributed by atoms with Crippen LogP contribution in [0.2, 0.25) is 0 Å². The van der Waals surface area contributed by atoms with Crippen molar-refractivity contribution < 1.29 is 9.47 Å². The maximum atomic E-state index is 5.79. The zero-order chi connectivity index (χ0) is 14.8. The standard InChI is InChI=1S/C16H19N3O2/c1-10-8-18-11(2)15(19-10)12-6-13-9-17-4-5-21-16(13)14(7-12)20-3/h6-8,17H,4-5,9H2,1-3H3. The first-order valence-corrected chi connectivity index (χ1v) is 7.04. The van der Waals surface area contributed by atoms with Gasteiger partial charge in [0, 0.05) is 30.4 Å². The van der Waals surface area contributed by atoms with Gasteiger partial charge in [-0.3, -0.25) is 4.98 Å². The lowest BCUT2D eigenvalue weighted by Gasteiger charge is -2.14. The fourth-order valence-electron chi connectivity index (χ4n) is 2.50. The van der Waals surface area contributed by atoms with Crippen molar-refractivity contribution in [1.29, 1.82) is 0 Å². The molecule has 0 saturated carbocycles. The van der Waals surface area contributed by atoms with Crippen molar-refractivity contribution in [1.82, 2.24) is 15.3 Å². The van der Waals surface area contributed by atoms with E-state index in [1.807, 2.05) is 19.9 Å². The molecule has 0 aliphatic carbocycles. The minimum absolute atomic E-state index is 0.645. The molecule has 0 bridgehead atoms. The predicted molar refractivity (Wildman–Crippen MR) is 80.7 cm³/mol.